The van der Waals surface area contributed by atoms with Crippen LogP contribution in [-0.2, 0) is 0 Å². The number of aliphatic hydroxyl groups excluding tert-OH is 1. The van der Waals surface area contributed by atoms with Crippen LogP contribution in [0.3, 0.4) is 0 Å². The van der Waals surface area contributed by atoms with Crippen molar-refractivity contribution in [3.05, 3.63) is 0 Å². The molecule has 1 aliphatic carbocycles. The van der Waals surface area contributed by atoms with Gasteiger partial charge in [-0.2, -0.15) is 11.8 Å². The smallest absolute Gasteiger partial charge is 0.0580 e. The maximum absolute atomic E-state index is 10.2. The molecule has 18 heavy (non-hydrogen) atoms. The van der Waals surface area contributed by atoms with Crippen molar-refractivity contribution in [3.63, 3.8) is 0 Å². The first-order valence-electron chi connectivity index (χ1n) is 7.40. The molecular weight excluding hydrogens is 242 g/mol. The molecule has 0 aromatic rings. The standard InChI is InChI=1S/C15H31NOS/c1-12(2)13-6-7-15(17)14(10-13)11-16(3)8-5-9-18-4/h12-15,17H,5-11H2,1-4H3. The lowest BCUT2D eigenvalue weighted by molar-refractivity contribution is 0.0225. The first kappa shape index (κ1) is 16.3. The van der Waals surface area contributed by atoms with Gasteiger partial charge in [0.05, 0.1) is 6.10 Å². The third kappa shape index (κ3) is 5.50. The van der Waals surface area contributed by atoms with E-state index in [2.05, 4.69) is 32.1 Å². The van der Waals surface area contributed by atoms with Crippen LogP contribution < -0.4 is 0 Å². The maximum atomic E-state index is 10.2. The zero-order chi connectivity index (χ0) is 13.5. The molecule has 3 heteroatoms. The largest absolute Gasteiger partial charge is 0.393 e. The molecule has 0 aromatic heterocycles. The van der Waals surface area contributed by atoms with Crippen molar-refractivity contribution in [2.45, 2.75) is 45.6 Å². The van der Waals surface area contributed by atoms with Crippen molar-refractivity contribution in [1.29, 1.82) is 0 Å². The van der Waals surface area contributed by atoms with E-state index in [1.54, 1.807) is 0 Å². The Labute approximate surface area is 118 Å². The summed E-state index contributed by atoms with van der Waals surface area (Å²) in [7, 11) is 2.20. The van der Waals surface area contributed by atoms with Gasteiger partial charge in [-0.15, -0.1) is 0 Å². The summed E-state index contributed by atoms with van der Waals surface area (Å²) in [6.07, 6.45) is 6.79. The minimum Gasteiger partial charge on any atom is -0.393 e. The number of rotatable bonds is 7. The molecule has 0 amide bonds. The van der Waals surface area contributed by atoms with Gasteiger partial charge in [0.1, 0.15) is 0 Å². The molecule has 2 nitrogen and oxygen atoms in total. The highest BCUT2D eigenvalue weighted by atomic mass is 32.2. The molecule has 1 saturated carbocycles. The molecule has 0 aromatic carbocycles. The van der Waals surface area contributed by atoms with Crippen molar-refractivity contribution < 1.29 is 5.11 Å². The third-order valence-electron chi connectivity index (χ3n) is 4.36. The molecule has 1 aliphatic rings. The second kappa shape index (κ2) is 8.44. The summed E-state index contributed by atoms with van der Waals surface area (Å²) in [5.74, 6) is 3.32. The zero-order valence-corrected chi connectivity index (χ0v) is 13.4. The molecule has 1 rings (SSSR count). The molecular formula is C15H31NOS. The van der Waals surface area contributed by atoms with E-state index in [9.17, 15) is 5.11 Å². The van der Waals surface area contributed by atoms with Gasteiger partial charge in [-0.05, 0) is 69.0 Å². The fourth-order valence-electron chi connectivity index (χ4n) is 3.06. The van der Waals surface area contributed by atoms with Crippen LogP contribution in [0, 0.1) is 17.8 Å². The molecule has 0 saturated heterocycles. The van der Waals surface area contributed by atoms with Crippen molar-refractivity contribution in [2.75, 3.05) is 32.1 Å². The monoisotopic (exact) mass is 273 g/mol. The van der Waals surface area contributed by atoms with Crippen LogP contribution >= 0.6 is 11.8 Å². The average molecular weight is 273 g/mol. The van der Waals surface area contributed by atoms with E-state index in [0.717, 1.165) is 31.3 Å². The Morgan fingerprint density at radius 1 is 1.33 bits per heavy atom. The Morgan fingerprint density at radius 3 is 2.67 bits per heavy atom. The number of hydrogen-bond donors (Lipinski definition) is 1. The van der Waals surface area contributed by atoms with Crippen LogP contribution in [0.4, 0.5) is 0 Å². The minimum absolute atomic E-state index is 0.0667. The molecule has 108 valence electrons. The first-order chi connectivity index (χ1) is 8.54. The van der Waals surface area contributed by atoms with Gasteiger partial charge in [0.25, 0.3) is 0 Å². The topological polar surface area (TPSA) is 23.5 Å². The van der Waals surface area contributed by atoms with Gasteiger partial charge in [-0.1, -0.05) is 13.8 Å². The lowest BCUT2D eigenvalue weighted by atomic mass is 9.74. The highest BCUT2D eigenvalue weighted by molar-refractivity contribution is 7.98. The molecule has 1 N–H and O–H groups in total. The first-order valence-corrected chi connectivity index (χ1v) is 8.79. The third-order valence-corrected chi connectivity index (χ3v) is 5.06. The molecule has 0 heterocycles. The number of thioether (sulfide) groups is 1. The predicted molar refractivity (Wildman–Crippen MR) is 82.2 cm³/mol. The van der Waals surface area contributed by atoms with E-state index in [1.807, 2.05) is 11.8 Å². The second-order valence-electron chi connectivity index (χ2n) is 6.25. The molecule has 3 atom stereocenters. The average Bonchev–Trinajstić information content (AvgIpc) is 2.32. The van der Waals surface area contributed by atoms with E-state index >= 15 is 0 Å². The maximum Gasteiger partial charge on any atom is 0.0580 e. The highest BCUT2D eigenvalue weighted by Gasteiger charge is 2.30. The van der Waals surface area contributed by atoms with Crippen LogP contribution in [0.25, 0.3) is 0 Å². The van der Waals surface area contributed by atoms with Crippen LogP contribution in [0.1, 0.15) is 39.5 Å². The molecule has 3 unspecified atom stereocenters. The van der Waals surface area contributed by atoms with Gasteiger partial charge in [-0.3, -0.25) is 0 Å². The summed E-state index contributed by atoms with van der Waals surface area (Å²) in [6.45, 7) is 6.87. The fraction of sp³-hybridized carbons (Fsp3) is 1.00. The van der Waals surface area contributed by atoms with Crippen LogP contribution in [0.2, 0.25) is 0 Å². The van der Waals surface area contributed by atoms with Gasteiger partial charge < -0.3 is 10.0 Å². The van der Waals surface area contributed by atoms with E-state index in [1.165, 1.54) is 25.0 Å². The molecule has 0 spiro atoms. The van der Waals surface area contributed by atoms with Crippen LogP contribution in [-0.4, -0.2) is 48.3 Å². The summed E-state index contributed by atoms with van der Waals surface area (Å²) in [5.41, 5.74) is 0. The Balaban J connectivity index is 2.33. The van der Waals surface area contributed by atoms with Gasteiger partial charge in [0.2, 0.25) is 0 Å². The Bertz CT molecular complexity index is 223. The van der Waals surface area contributed by atoms with Crippen molar-refractivity contribution in [1.82, 2.24) is 4.90 Å². The summed E-state index contributed by atoms with van der Waals surface area (Å²) >= 11 is 1.92. The summed E-state index contributed by atoms with van der Waals surface area (Å²) < 4.78 is 0. The Morgan fingerprint density at radius 2 is 2.06 bits per heavy atom. The van der Waals surface area contributed by atoms with Gasteiger partial charge in [0.15, 0.2) is 0 Å². The summed E-state index contributed by atoms with van der Waals surface area (Å²) in [5, 5.41) is 10.2. The van der Waals surface area contributed by atoms with E-state index < -0.39 is 0 Å². The summed E-state index contributed by atoms with van der Waals surface area (Å²) in [6, 6.07) is 0. The van der Waals surface area contributed by atoms with Gasteiger partial charge >= 0.3 is 0 Å². The Hall–Kier alpha value is 0.270. The fourth-order valence-corrected chi connectivity index (χ4v) is 3.47. The predicted octanol–water partition coefficient (Wildman–Crippen LogP) is 3.10. The van der Waals surface area contributed by atoms with Gasteiger partial charge in [0, 0.05) is 6.54 Å². The second-order valence-corrected chi connectivity index (χ2v) is 7.24. The van der Waals surface area contributed by atoms with Crippen molar-refractivity contribution in [3.8, 4) is 0 Å². The summed E-state index contributed by atoms with van der Waals surface area (Å²) in [4.78, 5) is 2.41. The van der Waals surface area contributed by atoms with E-state index in [0.29, 0.717) is 5.92 Å². The zero-order valence-electron chi connectivity index (χ0n) is 12.6. The number of aliphatic hydroxyl groups is 1. The molecule has 0 aliphatic heterocycles. The lowest BCUT2D eigenvalue weighted by Crippen LogP contribution is -2.38. The van der Waals surface area contributed by atoms with E-state index in [4.69, 9.17) is 0 Å². The quantitative estimate of drug-likeness (QED) is 0.721. The molecule has 1 fully saturated rings. The SMILES string of the molecule is CSCCCN(C)CC1CC(C(C)C)CCC1O. The minimum atomic E-state index is -0.0667. The lowest BCUT2D eigenvalue weighted by Gasteiger charge is -2.37. The van der Waals surface area contributed by atoms with Crippen molar-refractivity contribution >= 4 is 11.8 Å². The van der Waals surface area contributed by atoms with Crippen molar-refractivity contribution in [2.24, 2.45) is 17.8 Å². The van der Waals surface area contributed by atoms with E-state index in [-0.39, 0.29) is 6.10 Å². The normalized spacial score (nSPS) is 29.2. The van der Waals surface area contributed by atoms with Crippen LogP contribution in [0.5, 0.6) is 0 Å². The molecule has 0 bridgehead atoms. The molecule has 0 radical (unpaired) electrons. The van der Waals surface area contributed by atoms with Gasteiger partial charge in [-0.25, -0.2) is 0 Å². The highest BCUT2D eigenvalue weighted by Crippen LogP contribution is 2.34. The van der Waals surface area contributed by atoms with Crippen LogP contribution in [0.15, 0.2) is 0 Å². The Kier molecular flexibility index (Phi) is 7.66. The number of nitrogens with zero attached hydrogens (tertiary/aromatic N) is 1. The number of hydrogen-bond acceptors (Lipinski definition) is 3.